The van der Waals surface area contributed by atoms with Crippen LogP contribution in [0.15, 0.2) is 38.0 Å². The van der Waals surface area contributed by atoms with Gasteiger partial charge in [0.1, 0.15) is 11.3 Å². The number of benzene rings is 1. The third-order valence-corrected chi connectivity index (χ3v) is 2.75. The SMILES string of the molecule is C/C=C/c1cc(Br)cc2c(=O)cc(C)oc12. The predicted octanol–water partition coefficient (Wildman–Crippen LogP) is 3.90. The van der Waals surface area contributed by atoms with Gasteiger partial charge < -0.3 is 4.42 Å². The van der Waals surface area contributed by atoms with Crippen LogP contribution in [0.1, 0.15) is 18.2 Å². The maximum atomic E-state index is 11.8. The van der Waals surface area contributed by atoms with E-state index in [-0.39, 0.29) is 5.43 Å². The Bertz CT molecular complexity index is 624. The Labute approximate surface area is 102 Å². The average Bonchev–Trinajstić information content (AvgIpc) is 2.20. The summed E-state index contributed by atoms with van der Waals surface area (Å²) in [7, 11) is 0. The fraction of sp³-hybridized carbons (Fsp3) is 0.154. The van der Waals surface area contributed by atoms with E-state index >= 15 is 0 Å². The van der Waals surface area contributed by atoms with Crippen LogP contribution in [0.25, 0.3) is 17.0 Å². The monoisotopic (exact) mass is 278 g/mol. The van der Waals surface area contributed by atoms with Gasteiger partial charge in [0, 0.05) is 16.1 Å². The summed E-state index contributed by atoms with van der Waals surface area (Å²) in [5.41, 5.74) is 1.55. The molecule has 2 nitrogen and oxygen atoms in total. The second-order valence-electron chi connectivity index (χ2n) is 3.59. The largest absolute Gasteiger partial charge is 0.460 e. The molecule has 0 radical (unpaired) electrons. The number of halogens is 1. The number of hydrogen-bond acceptors (Lipinski definition) is 2. The third kappa shape index (κ3) is 1.95. The Morgan fingerprint density at radius 3 is 2.75 bits per heavy atom. The summed E-state index contributed by atoms with van der Waals surface area (Å²) in [6.07, 6.45) is 3.85. The fourth-order valence-corrected chi connectivity index (χ4v) is 2.14. The molecule has 3 heteroatoms. The molecule has 0 aliphatic carbocycles. The van der Waals surface area contributed by atoms with E-state index in [1.165, 1.54) is 6.07 Å². The zero-order valence-electron chi connectivity index (χ0n) is 9.08. The summed E-state index contributed by atoms with van der Waals surface area (Å²) in [6, 6.07) is 5.23. The van der Waals surface area contributed by atoms with Gasteiger partial charge in [-0.15, -0.1) is 0 Å². The van der Waals surface area contributed by atoms with Gasteiger partial charge in [0.25, 0.3) is 0 Å². The van der Waals surface area contributed by atoms with E-state index in [1.54, 1.807) is 13.0 Å². The van der Waals surface area contributed by atoms with Gasteiger partial charge in [-0.1, -0.05) is 28.1 Å². The van der Waals surface area contributed by atoms with Crippen molar-refractivity contribution in [2.75, 3.05) is 0 Å². The number of rotatable bonds is 1. The molecule has 1 heterocycles. The number of hydrogen-bond donors (Lipinski definition) is 0. The smallest absolute Gasteiger partial charge is 0.192 e. The predicted molar refractivity (Wildman–Crippen MR) is 69.6 cm³/mol. The zero-order valence-corrected chi connectivity index (χ0v) is 10.7. The van der Waals surface area contributed by atoms with Crippen LogP contribution in [0.5, 0.6) is 0 Å². The highest BCUT2D eigenvalue weighted by Gasteiger charge is 2.07. The lowest BCUT2D eigenvalue weighted by molar-refractivity contribution is 0.564. The molecular weight excluding hydrogens is 268 g/mol. The summed E-state index contributed by atoms with van der Waals surface area (Å²) in [6.45, 7) is 3.71. The Kier molecular flexibility index (Phi) is 2.97. The van der Waals surface area contributed by atoms with Crippen LogP contribution in [-0.4, -0.2) is 0 Å². The molecular formula is C13H11BrO2. The molecule has 0 fully saturated rings. The quantitative estimate of drug-likeness (QED) is 0.792. The lowest BCUT2D eigenvalue weighted by Crippen LogP contribution is -2.01. The van der Waals surface area contributed by atoms with Gasteiger partial charge in [0.15, 0.2) is 5.43 Å². The van der Waals surface area contributed by atoms with Gasteiger partial charge in [0.05, 0.1) is 5.39 Å². The molecule has 0 spiro atoms. The summed E-state index contributed by atoms with van der Waals surface area (Å²) in [5, 5.41) is 0.605. The van der Waals surface area contributed by atoms with E-state index in [9.17, 15) is 4.79 Å². The van der Waals surface area contributed by atoms with Crippen molar-refractivity contribution in [2.24, 2.45) is 0 Å². The molecule has 0 amide bonds. The summed E-state index contributed by atoms with van der Waals surface area (Å²) in [5.74, 6) is 0.630. The average molecular weight is 279 g/mol. The highest BCUT2D eigenvalue weighted by atomic mass is 79.9. The minimum Gasteiger partial charge on any atom is -0.460 e. The molecule has 0 saturated heterocycles. The van der Waals surface area contributed by atoms with Crippen molar-refractivity contribution in [3.05, 3.63) is 50.3 Å². The van der Waals surface area contributed by atoms with Gasteiger partial charge in [-0.2, -0.15) is 0 Å². The van der Waals surface area contributed by atoms with Gasteiger partial charge in [-0.05, 0) is 26.0 Å². The van der Waals surface area contributed by atoms with Crippen LogP contribution in [0.2, 0.25) is 0 Å². The van der Waals surface area contributed by atoms with Crippen LogP contribution in [0.4, 0.5) is 0 Å². The van der Waals surface area contributed by atoms with Crippen LogP contribution < -0.4 is 5.43 Å². The topological polar surface area (TPSA) is 30.2 Å². The van der Waals surface area contributed by atoms with E-state index in [0.717, 1.165) is 10.0 Å². The standard InChI is InChI=1S/C13H11BrO2/c1-3-4-9-6-10(14)7-11-12(15)5-8(2)16-13(9)11/h3-7H,1-2H3/b4-3+. The molecule has 1 aromatic heterocycles. The van der Waals surface area contributed by atoms with Crippen molar-refractivity contribution < 1.29 is 4.42 Å². The lowest BCUT2D eigenvalue weighted by Gasteiger charge is -2.03. The van der Waals surface area contributed by atoms with Gasteiger partial charge in [-0.3, -0.25) is 4.79 Å². The maximum Gasteiger partial charge on any atom is 0.192 e. The molecule has 82 valence electrons. The zero-order chi connectivity index (χ0) is 11.7. The minimum absolute atomic E-state index is 0.00852. The van der Waals surface area contributed by atoms with Crippen molar-refractivity contribution in [3.63, 3.8) is 0 Å². The van der Waals surface area contributed by atoms with E-state index in [4.69, 9.17) is 4.42 Å². The first-order valence-corrected chi connectivity index (χ1v) is 5.78. The minimum atomic E-state index is -0.00852. The summed E-state index contributed by atoms with van der Waals surface area (Å²) < 4.78 is 6.49. The highest BCUT2D eigenvalue weighted by Crippen LogP contribution is 2.24. The second kappa shape index (κ2) is 4.26. The molecule has 0 unspecified atom stereocenters. The van der Waals surface area contributed by atoms with Gasteiger partial charge >= 0.3 is 0 Å². The highest BCUT2D eigenvalue weighted by molar-refractivity contribution is 9.10. The van der Waals surface area contributed by atoms with E-state index in [0.29, 0.717) is 16.7 Å². The molecule has 0 bridgehead atoms. The van der Waals surface area contributed by atoms with Crippen molar-refractivity contribution in [2.45, 2.75) is 13.8 Å². The van der Waals surface area contributed by atoms with Crippen molar-refractivity contribution in [1.82, 2.24) is 0 Å². The van der Waals surface area contributed by atoms with Crippen LogP contribution in [-0.2, 0) is 0 Å². The molecule has 0 aliphatic rings. The van der Waals surface area contributed by atoms with E-state index < -0.39 is 0 Å². The second-order valence-corrected chi connectivity index (χ2v) is 4.51. The van der Waals surface area contributed by atoms with Crippen molar-refractivity contribution in [1.29, 1.82) is 0 Å². The maximum absolute atomic E-state index is 11.8. The van der Waals surface area contributed by atoms with Crippen LogP contribution >= 0.6 is 15.9 Å². The Morgan fingerprint density at radius 2 is 2.06 bits per heavy atom. The molecule has 0 atom stereocenters. The molecule has 1 aromatic carbocycles. The first-order chi connectivity index (χ1) is 7.61. The van der Waals surface area contributed by atoms with Crippen LogP contribution in [0, 0.1) is 6.92 Å². The third-order valence-electron chi connectivity index (χ3n) is 2.29. The van der Waals surface area contributed by atoms with Gasteiger partial charge in [-0.25, -0.2) is 0 Å². The Morgan fingerprint density at radius 1 is 1.31 bits per heavy atom. The van der Waals surface area contributed by atoms with Crippen molar-refractivity contribution >= 4 is 33.0 Å². The Balaban J connectivity index is 2.95. The molecule has 0 N–H and O–H groups in total. The molecule has 2 rings (SSSR count). The van der Waals surface area contributed by atoms with Gasteiger partial charge in [0.2, 0.25) is 0 Å². The number of fused-ring (bicyclic) bond motifs is 1. The van der Waals surface area contributed by atoms with E-state index in [1.807, 2.05) is 25.1 Å². The number of aryl methyl sites for hydroxylation is 1. The van der Waals surface area contributed by atoms with Crippen molar-refractivity contribution in [3.8, 4) is 0 Å². The molecule has 0 saturated carbocycles. The fourth-order valence-electron chi connectivity index (χ4n) is 1.67. The van der Waals surface area contributed by atoms with E-state index in [2.05, 4.69) is 15.9 Å². The lowest BCUT2D eigenvalue weighted by atomic mass is 10.1. The molecule has 2 aromatic rings. The molecule has 16 heavy (non-hydrogen) atoms. The normalized spacial score (nSPS) is 11.4. The first kappa shape index (κ1) is 11.1. The Hall–Kier alpha value is -1.35. The summed E-state index contributed by atoms with van der Waals surface area (Å²) >= 11 is 3.39. The van der Waals surface area contributed by atoms with Crippen LogP contribution in [0.3, 0.4) is 0 Å². The first-order valence-electron chi connectivity index (χ1n) is 4.98. The summed E-state index contributed by atoms with van der Waals surface area (Å²) in [4.78, 5) is 11.8. The molecule has 0 aliphatic heterocycles. The number of allylic oxidation sites excluding steroid dienone is 1.